The van der Waals surface area contributed by atoms with Gasteiger partial charge in [0.05, 0.1) is 0 Å². The summed E-state index contributed by atoms with van der Waals surface area (Å²) in [5.74, 6) is 0. The van der Waals surface area contributed by atoms with Crippen molar-refractivity contribution < 1.29 is 4.79 Å². The average Bonchev–Trinajstić information content (AvgIpc) is 2.04. The number of hydrogen-bond donors (Lipinski definition) is 2. The molecule has 0 unspecified atom stereocenters. The molecular formula is C5H11N5O. The standard InChI is InChI=1S/C5H11N5O/c1-7-5(11)8-3-2-4-9-10-6/h2-4H2,1H3,(H2,7,8,11). The Labute approximate surface area is 64.6 Å². The van der Waals surface area contributed by atoms with Crippen molar-refractivity contribution in [3.05, 3.63) is 10.4 Å². The summed E-state index contributed by atoms with van der Waals surface area (Å²) in [6.45, 7) is 0.944. The maximum atomic E-state index is 10.5. The van der Waals surface area contributed by atoms with Crippen LogP contribution in [0.1, 0.15) is 6.42 Å². The molecule has 0 spiro atoms. The molecule has 62 valence electrons. The van der Waals surface area contributed by atoms with E-state index in [2.05, 4.69) is 20.7 Å². The van der Waals surface area contributed by atoms with E-state index in [9.17, 15) is 4.79 Å². The predicted molar refractivity (Wildman–Crippen MR) is 41.1 cm³/mol. The van der Waals surface area contributed by atoms with Crippen LogP contribution >= 0.6 is 0 Å². The van der Waals surface area contributed by atoms with Crippen molar-refractivity contribution in [1.82, 2.24) is 10.6 Å². The number of azide groups is 1. The van der Waals surface area contributed by atoms with E-state index in [4.69, 9.17) is 5.53 Å². The third-order valence-corrected chi connectivity index (χ3v) is 1.01. The second-order valence-electron chi connectivity index (χ2n) is 1.81. The molecule has 0 aromatic rings. The number of amides is 2. The summed E-state index contributed by atoms with van der Waals surface area (Å²) >= 11 is 0. The Hall–Kier alpha value is -1.42. The highest BCUT2D eigenvalue weighted by atomic mass is 16.2. The van der Waals surface area contributed by atoms with Crippen LogP contribution in [0.5, 0.6) is 0 Å². The quantitative estimate of drug-likeness (QED) is 0.266. The molecule has 2 amide bonds. The molecule has 0 aliphatic rings. The topological polar surface area (TPSA) is 89.9 Å². The van der Waals surface area contributed by atoms with Gasteiger partial charge in [0, 0.05) is 25.0 Å². The van der Waals surface area contributed by atoms with Crippen molar-refractivity contribution in [1.29, 1.82) is 0 Å². The fourth-order valence-electron chi connectivity index (χ4n) is 0.485. The number of urea groups is 1. The summed E-state index contributed by atoms with van der Waals surface area (Å²) in [6, 6.07) is -0.217. The normalized spacial score (nSPS) is 8.09. The molecule has 0 saturated carbocycles. The molecule has 2 N–H and O–H groups in total. The van der Waals surface area contributed by atoms with Crippen molar-refractivity contribution in [2.75, 3.05) is 20.1 Å². The molecule has 11 heavy (non-hydrogen) atoms. The summed E-state index contributed by atoms with van der Waals surface area (Å²) in [6.07, 6.45) is 0.664. The maximum absolute atomic E-state index is 10.5. The smallest absolute Gasteiger partial charge is 0.314 e. The predicted octanol–water partition coefficient (Wildman–Crippen LogP) is 0.616. The molecule has 6 nitrogen and oxygen atoms in total. The van der Waals surface area contributed by atoms with E-state index in [1.165, 1.54) is 0 Å². The summed E-state index contributed by atoms with van der Waals surface area (Å²) < 4.78 is 0. The van der Waals surface area contributed by atoms with Gasteiger partial charge in [-0.2, -0.15) is 0 Å². The Morgan fingerprint density at radius 2 is 2.45 bits per heavy atom. The Bertz CT molecular complexity index is 162. The van der Waals surface area contributed by atoms with Gasteiger partial charge in [-0.05, 0) is 12.0 Å². The van der Waals surface area contributed by atoms with Gasteiger partial charge >= 0.3 is 6.03 Å². The molecule has 0 atom stereocenters. The lowest BCUT2D eigenvalue weighted by Crippen LogP contribution is -2.33. The lowest BCUT2D eigenvalue weighted by Gasteiger charge is -2.00. The minimum atomic E-state index is -0.217. The van der Waals surface area contributed by atoms with Crippen molar-refractivity contribution >= 4 is 6.03 Å². The third-order valence-electron chi connectivity index (χ3n) is 1.01. The first-order valence-electron chi connectivity index (χ1n) is 3.27. The zero-order valence-electron chi connectivity index (χ0n) is 6.37. The molecule has 0 heterocycles. The number of carbonyl (C=O) groups is 1. The molecule has 0 aromatic heterocycles. The van der Waals surface area contributed by atoms with Crippen LogP contribution in [0.2, 0.25) is 0 Å². The van der Waals surface area contributed by atoms with Crippen LogP contribution in [0.15, 0.2) is 5.11 Å². The monoisotopic (exact) mass is 157 g/mol. The van der Waals surface area contributed by atoms with Gasteiger partial charge in [0.2, 0.25) is 0 Å². The first-order chi connectivity index (χ1) is 5.31. The van der Waals surface area contributed by atoms with Gasteiger partial charge < -0.3 is 10.6 Å². The van der Waals surface area contributed by atoms with Gasteiger partial charge in [-0.3, -0.25) is 0 Å². The number of nitrogens with zero attached hydrogens (tertiary/aromatic N) is 3. The fraction of sp³-hybridized carbons (Fsp3) is 0.800. The summed E-state index contributed by atoms with van der Waals surface area (Å²) in [5, 5.41) is 8.26. The first-order valence-corrected chi connectivity index (χ1v) is 3.27. The molecular weight excluding hydrogens is 146 g/mol. The third kappa shape index (κ3) is 6.47. The van der Waals surface area contributed by atoms with E-state index >= 15 is 0 Å². The minimum absolute atomic E-state index is 0.217. The lowest BCUT2D eigenvalue weighted by atomic mass is 10.4. The SMILES string of the molecule is CNC(=O)NCCCN=[N+]=[N-]. The van der Waals surface area contributed by atoms with Crippen LogP contribution in [0, 0.1) is 0 Å². The summed E-state index contributed by atoms with van der Waals surface area (Å²) in [4.78, 5) is 13.1. The number of carbonyl (C=O) groups excluding carboxylic acids is 1. The van der Waals surface area contributed by atoms with E-state index in [-0.39, 0.29) is 6.03 Å². The second kappa shape index (κ2) is 6.70. The zero-order valence-corrected chi connectivity index (χ0v) is 6.37. The van der Waals surface area contributed by atoms with Crippen LogP contribution in [0.4, 0.5) is 4.79 Å². The highest BCUT2D eigenvalue weighted by molar-refractivity contribution is 5.73. The Balaban J connectivity index is 3.14. The molecule has 0 rings (SSSR count). The Morgan fingerprint density at radius 1 is 1.73 bits per heavy atom. The Morgan fingerprint density at radius 3 is 3.00 bits per heavy atom. The summed E-state index contributed by atoms with van der Waals surface area (Å²) in [7, 11) is 1.54. The van der Waals surface area contributed by atoms with E-state index < -0.39 is 0 Å². The average molecular weight is 157 g/mol. The molecule has 0 bridgehead atoms. The van der Waals surface area contributed by atoms with E-state index in [0.717, 1.165) is 0 Å². The van der Waals surface area contributed by atoms with Crippen molar-refractivity contribution in [2.24, 2.45) is 5.11 Å². The lowest BCUT2D eigenvalue weighted by molar-refractivity contribution is 0.243. The van der Waals surface area contributed by atoms with Crippen LogP contribution in [-0.2, 0) is 0 Å². The maximum Gasteiger partial charge on any atom is 0.314 e. The highest BCUT2D eigenvalue weighted by Gasteiger charge is 1.91. The molecule has 0 saturated heterocycles. The number of hydrogen-bond acceptors (Lipinski definition) is 2. The molecule has 0 aromatic carbocycles. The van der Waals surface area contributed by atoms with Crippen LogP contribution in [0.3, 0.4) is 0 Å². The molecule has 0 aliphatic carbocycles. The van der Waals surface area contributed by atoms with Crippen molar-refractivity contribution in [3.8, 4) is 0 Å². The van der Waals surface area contributed by atoms with E-state index in [1.54, 1.807) is 7.05 Å². The minimum Gasteiger partial charge on any atom is -0.341 e. The largest absolute Gasteiger partial charge is 0.341 e. The van der Waals surface area contributed by atoms with Gasteiger partial charge in [0.25, 0.3) is 0 Å². The van der Waals surface area contributed by atoms with Crippen molar-refractivity contribution in [3.63, 3.8) is 0 Å². The molecule has 0 fully saturated rings. The molecule has 0 radical (unpaired) electrons. The fourth-order valence-corrected chi connectivity index (χ4v) is 0.485. The van der Waals surface area contributed by atoms with Crippen LogP contribution in [-0.4, -0.2) is 26.2 Å². The van der Waals surface area contributed by atoms with Gasteiger partial charge in [-0.1, -0.05) is 5.11 Å². The van der Waals surface area contributed by atoms with Crippen LogP contribution < -0.4 is 10.6 Å². The van der Waals surface area contributed by atoms with E-state index in [1.807, 2.05) is 0 Å². The van der Waals surface area contributed by atoms with Gasteiger partial charge in [0.1, 0.15) is 0 Å². The molecule has 0 aliphatic heterocycles. The summed E-state index contributed by atoms with van der Waals surface area (Å²) in [5.41, 5.74) is 7.88. The van der Waals surface area contributed by atoms with Gasteiger partial charge in [-0.15, -0.1) is 0 Å². The van der Waals surface area contributed by atoms with Gasteiger partial charge in [0.15, 0.2) is 0 Å². The number of nitrogens with one attached hydrogen (secondary N) is 2. The van der Waals surface area contributed by atoms with Gasteiger partial charge in [-0.25, -0.2) is 4.79 Å². The first kappa shape index (κ1) is 9.58. The van der Waals surface area contributed by atoms with Crippen molar-refractivity contribution in [2.45, 2.75) is 6.42 Å². The van der Waals surface area contributed by atoms with E-state index in [0.29, 0.717) is 19.5 Å². The van der Waals surface area contributed by atoms with Crippen LogP contribution in [0.25, 0.3) is 10.4 Å². The highest BCUT2D eigenvalue weighted by Crippen LogP contribution is 1.78. The second-order valence-corrected chi connectivity index (χ2v) is 1.81. The molecule has 6 heteroatoms. The Kier molecular flexibility index (Phi) is 5.83. The zero-order chi connectivity index (χ0) is 8.53. The number of rotatable bonds is 4.